The van der Waals surface area contributed by atoms with E-state index >= 15 is 0 Å². The van der Waals surface area contributed by atoms with E-state index in [1.807, 2.05) is 4.90 Å². The number of halogens is 1. The summed E-state index contributed by atoms with van der Waals surface area (Å²) in [6.45, 7) is 3.19. The van der Waals surface area contributed by atoms with Crippen molar-refractivity contribution < 1.29 is 4.79 Å². The smallest absolute Gasteiger partial charge is 0.333 e. The highest BCUT2D eigenvalue weighted by molar-refractivity contribution is 6.33. The number of aromatic nitrogens is 2. The summed E-state index contributed by atoms with van der Waals surface area (Å²) < 4.78 is 2.66. The van der Waals surface area contributed by atoms with Gasteiger partial charge in [0, 0.05) is 39.3 Å². The largest absolute Gasteiger partial charge is 0.356 e. The minimum atomic E-state index is -0.454. The summed E-state index contributed by atoms with van der Waals surface area (Å²) in [7, 11) is 3.27. The van der Waals surface area contributed by atoms with Crippen LogP contribution in [0.2, 0.25) is 5.02 Å². The molecule has 2 aromatic rings. The number of carbonyl (C=O) groups is 1. The average molecular weight is 458 g/mol. The van der Waals surface area contributed by atoms with E-state index in [-0.39, 0.29) is 25.0 Å². The Bertz CT molecular complexity index is 1190. The lowest BCUT2D eigenvalue weighted by Gasteiger charge is -2.33. The second-order valence-electron chi connectivity index (χ2n) is 8.08. The van der Waals surface area contributed by atoms with Crippen molar-refractivity contribution in [3.8, 4) is 11.8 Å². The molecule has 32 heavy (non-hydrogen) atoms. The Kier molecular flexibility index (Phi) is 7.44. The second-order valence-corrected chi connectivity index (χ2v) is 8.49. The Labute approximate surface area is 192 Å². The highest BCUT2D eigenvalue weighted by atomic mass is 35.5. The van der Waals surface area contributed by atoms with E-state index in [1.54, 1.807) is 39.2 Å². The number of carbonyl (C=O) groups excluding carboxylic acids is 1. The first-order chi connectivity index (χ1) is 15.2. The van der Waals surface area contributed by atoms with Gasteiger partial charge in [-0.05, 0) is 37.5 Å². The van der Waals surface area contributed by atoms with Crippen LogP contribution in [-0.4, -0.2) is 53.2 Å². The molecule has 0 spiro atoms. The number of nitrogens with two attached hydrogens (primary N) is 1. The minimum Gasteiger partial charge on any atom is -0.356 e. The van der Waals surface area contributed by atoms with Gasteiger partial charge in [0.1, 0.15) is 5.82 Å². The number of piperidine rings is 1. The SMILES string of the molecule is CC#CCn1c(N2CCC[C@@H](N)C2)cc(=O)n(Cc2ccc(Cl)c(C(=O)N(C)C)c2)c1=O. The van der Waals surface area contributed by atoms with E-state index in [0.29, 0.717) is 28.5 Å². The third-order valence-electron chi connectivity index (χ3n) is 5.46. The molecule has 2 N–H and O–H groups in total. The average Bonchev–Trinajstić information content (AvgIpc) is 2.76. The molecular formula is C23H28ClN5O3. The number of anilines is 1. The standard InChI is InChI=1S/C23H28ClN5O3/c1-4-5-11-28-20(27-10-6-7-17(25)15-27)13-21(30)29(23(28)32)14-16-8-9-19(24)18(12-16)22(31)26(2)3/h8-9,12-13,17H,6-7,10-11,14-15,25H2,1-3H3/t17-/m1/s1. The first-order valence-corrected chi connectivity index (χ1v) is 10.9. The fraction of sp³-hybridized carbons (Fsp3) is 0.435. The molecule has 0 radical (unpaired) electrons. The fourth-order valence-corrected chi connectivity index (χ4v) is 3.99. The maximum atomic E-state index is 13.3. The third-order valence-corrected chi connectivity index (χ3v) is 5.79. The van der Waals surface area contributed by atoms with Crippen LogP contribution in [0.25, 0.3) is 0 Å². The van der Waals surface area contributed by atoms with Gasteiger partial charge in [0.2, 0.25) is 0 Å². The maximum Gasteiger partial charge on any atom is 0.333 e. The molecule has 0 unspecified atom stereocenters. The van der Waals surface area contributed by atoms with Gasteiger partial charge in [-0.3, -0.25) is 18.7 Å². The molecule has 3 rings (SSSR count). The van der Waals surface area contributed by atoms with Crippen molar-refractivity contribution in [3.05, 3.63) is 61.3 Å². The van der Waals surface area contributed by atoms with Crippen molar-refractivity contribution in [2.75, 3.05) is 32.1 Å². The first-order valence-electron chi connectivity index (χ1n) is 10.5. The molecule has 1 saturated heterocycles. The molecule has 1 aliphatic heterocycles. The normalized spacial score (nSPS) is 15.8. The summed E-state index contributed by atoms with van der Waals surface area (Å²) in [4.78, 5) is 42.1. The summed E-state index contributed by atoms with van der Waals surface area (Å²) in [5.41, 5.74) is 6.18. The third kappa shape index (κ3) is 5.06. The maximum absolute atomic E-state index is 13.3. The van der Waals surface area contributed by atoms with Gasteiger partial charge in [0.05, 0.1) is 23.7 Å². The van der Waals surface area contributed by atoms with E-state index in [0.717, 1.165) is 24.0 Å². The molecule has 2 heterocycles. The molecule has 0 aliphatic carbocycles. The van der Waals surface area contributed by atoms with Crippen LogP contribution in [0.15, 0.2) is 33.9 Å². The number of hydrogen-bond acceptors (Lipinski definition) is 5. The van der Waals surface area contributed by atoms with Gasteiger partial charge < -0.3 is 15.5 Å². The van der Waals surface area contributed by atoms with Gasteiger partial charge in [-0.2, -0.15) is 0 Å². The van der Waals surface area contributed by atoms with Crippen molar-refractivity contribution in [2.45, 2.75) is 38.9 Å². The molecule has 1 atom stereocenters. The van der Waals surface area contributed by atoms with Crippen LogP contribution in [0, 0.1) is 11.8 Å². The summed E-state index contributed by atoms with van der Waals surface area (Å²) in [5, 5.41) is 0.312. The van der Waals surface area contributed by atoms with Crippen molar-refractivity contribution in [2.24, 2.45) is 5.73 Å². The van der Waals surface area contributed by atoms with E-state index in [9.17, 15) is 14.4 Å². The zero-order chi connectivity index (χ0) is 23.4. The summed E-state index contributed by atoms with van der Waals surface area (Å²) in [6, 6.07) is 6.38. The lowest BCUT2D eigenvalue weighted by atomic mass is 10.1. The van der Waals surface area contributed by atoms with Crippen LogP contribution in [0.4, 0.5) is 5.82 Å². The van der Waals surface area contributed by atoms with Crippen LogP contribution in [0.3, 0.4) is 0 Å². The van der Waals surface area contributed by atoms with Gasteiger partial charge in [0.15, 0.2) is 0 Å². The van der Waals surface area contributed by atoms with Gasteiger partial charge in [-0.1, -0.05) is 23.6 Å². The van der Waals surface area contributed by atoms with E-state index in [2.05, 4.69) is 11.8 Å². The van der Waals surface area contributed by atoms with E-state index in [4.69, 9.17) is 17.3 Å². The van der Waals surface area contributed by atoms with Crippen LogP contribution in [0.1, 0.15) is 35.7 Å². The molecular weight excluding hydrogens is 430 g/mol. The Morgan fingerprint density at radius 2 is 2.00 bits per heavy atom. The molecule has 1 aliphatic rings. The summed E-state index contributed by atoms with van der Waals surface area (Å²) in [6.07, 6.45) is 1.81. The van der Waals surface area contributed by atoms with Gasteiger partial charge >= 0.3 is 5.69 Å². The Hall–Kier alpha value is -3.02. The Morgan fingerprint density at radius 3 is 2.66 bits per heavy atom. The lowest BCUT2D eigenvalue weighted by molar-refractivity contribution is 0.0827. The van der Waals surface area contributed by atoms with Crippen LogP contribution >= 0.6 is 11.6 Å². The Balaban J connectivity index is 2.05. The van der Waals surface area contributed by atoms with Crippen LogP contribution in [-0.2, 0) is 13.1 Å². The number of nitrogens with zero attached hydrogens (tertiary/aromatic N) is 4. The zero-order valence-electron chi connectivity index (χ0n) is 18.6. The topological polar surface area (TPSA) is 93.6 Å². The van der Waals surface area contributed by atoms with Crippen molar-refractivity contribution in [1.82, 2.24) is 14.0 Å². The lowest BCUT2D eigenvalue weighted by Crippen LogP contribution is -2.48. The summed E-state index contributed by atoms with van der Waals surface area (Å²) >= 11 is 6.19. The predicted molar refractivity (Wildman–Crippen MR) is 126 cm³/mol. The Morgan fingerprint density at radius 1 is 1.25 bits per heavy atom. The number of hydrogen-bond donors (Lipinski definition) is 1. The molecule has 1 aromatic carbocycles. The van der Waals surface area contributed by atoms with E-state index < -0.39 is 11.2 Å². The molecule has 1 amide bonds. The number of amides is 1. The van der Waals surface area contributed by atoms with Crippen LogP contribution in [0.5, 0.6) is 0 Å². The predicted octanol–water partition coefficient (Wildman–Crippen LogP) is 1.36. The fourth-order valence-electron chi connectivity index (χ4n) is 3.79. The molecule has 9 heteroatoms. The molecule has 1 aromatic heterocycles. The van der Waals surface area contributed by atoms with Gasteiger partial charge in [-0.15, -0.1) is 5.92 Å². The highest BCUT2D eigenvalue weighted by Gasteiger charge is 2.22. The van der Waals surface area contributed by atoms with E-state index in [1.165, 1.54) is 15.5 Å². The minimum absolute atomic E-state index is 0.00582. The molecule has 0 saturated carbocycles. The van der Waals surface area contributed by atoms with Crippen molar-refractivity contribution in [1.29, 1.82) is 0 Å². The summed E-state index contributed by atoms with van der Waals surface area (Å²) in [5.74, 6) is 6.01. The quantitative estimate of drug-likeness (QED) is 0.684. The molecule has 0 bridgehead atoms. The molecule has 170 valence electrons. The monoisotopic (exact) mass is 457 g/mol. The van der Waals surface area contributed by atoms with Crippen LogP contribution < -0.4 is 21.9 Å². The number of rotatable bonds is 5. The van der Waals surface area contributed by atoms with Gasteiger partial charge in [0.25, 0.3) is 11.5 Å². The first kappa shape index (κ1) is 23.6. The van der Waals surface area contributed by atoms with Crippen molar-refractivity contribution in [3.63, 3.8) is 0 Å². The zero-order valence-corrected chi connectivity index (χ0v) is 19.4. The second kappa shape index (κ2) is 10.1. The highest BCUT2D eigenvalue weighted by Crippen LogP contribution is 2.20. The number of benzene rings is 1. The van der Waals surface area contributed by atoms with Gasteiger partial charge in [-0.25, -0.2) is 4.79 Å². The van der Waals surface area contributed by atoms with Crippen molar-refractivity contribution >= 4 is 23.3 Å². The molecule has 1 fully saturated rings. The molecule has 8 nitrogen and oxygen atoms in total.